The van der Waals surface area contributed by atoms with Crippen molar-refractivity contribution < 1.29 is 10.2 Å². The lowest BCUT2D eigenvalue weighted by atomic mass is 9.96. The van der Waals surface area contributed by atoms with Crippen molar-refractivity contribution in [2.24, 2.45) is 11.8 Å². The van der Waals surface area contributed by atoms with Crippen molar-refractivity contribution in [3.05, 3.63) is 21.7 Å². The predicted octanol–water partition coefficient (Wildman–Crippen LogP) is 4.26. The van der Waals surface area contributed by atoms with Gasteiger partial charge in [0.2, 0.25) is 0 Å². The number of rotatable bonds is 4. The number of hydrogen-bond acceptors (Lipinski definition) is 2. The van der Waals surface area contributed by atoms with Crippen molar-refractivity contribution in [3.8, 4) is 11.5 Å². The summed E-state index contributed by atoms with van der Waals surface area (Å²) >= 11 is 3.39. The molecule has 1 aromatic rings. The third-order valence-corrected chi connectivity index (χ3v) is 3.49. The molecule has 0 bridgehead atoms. The van der Waals surface area contributed by atoms with Gasteiger partial charge in [-0.2, -0.15) is 0 Å². The van der Waals surface area contributed by atoms with Crippen LogP contribution in [-0.2, 0) is 12.8 Å². The Labute approximate surface area is 112 Å². The van der Waals surface area contributed by atoms with Gasteiger partial charge in [-0.3, -0.25) is 0 Å². The normalized spacial score (nSPS) is 11.5. The maximum atomic E-state index is 10.1. The van der Waals surface area contributed by atoms with E-state index >= 15 is 0 Å². The van der Waals surface area contributed by atoms with E-state index in [1.165, 1.54) is 0 Å². The fourth-order valence-electron chi connectivity index (χ4n) is 1.91. The van der Waals surface area contributed by atoms with E-state index in [4.69, 9.17) is 0 Å². The van der Waals surface area contributed by atoms with Crippen molar-refractivity contribution >= 4 is 15.9 Å². The van der Waals surface area contributed by atoms with E-state index in [-0.39, 0.29) is 11.5 Å². The molecule has 3 heteroatoms. The van der Waals surface area contributed by atoms with Gasteiger partial charge in [-0.15, -0.1) is 0 Å². The lowest BCUT2D eigenvalue weighted by Crippen LogP contribution is -2.00. The van der Waals surface area contributed by atoms with E-state index < -0.39 is 0 Å². The van der Waals surface area contributed by atoms with Crippen LogP contribution in [-0.4, -0.2) is 10.2 Å². The summed E-state index contributed by atoms with van der Waals surface area (Å²) in [7, 11) is 0. The lowest BCUT2D eigenvalue weighted by Gasteiger charge is -2.15. The van der Waals surface area contributed by atoms with Crippen molar-refractivity contribution in [1.82, 2.24) is 0 Å². The molecule has 0 aliphatic rings. The molecule has 0 aromatic heterocycles. The van der Waals surface area contributed by atoms with Crippen LogP contribution in [0.3, 0.4) is 0 Å². The first-order valence-electron chi connectivity index (χ1n) is 6.05. The molecule has 2 nitrogen and oxygen atoms in total. The molecule has 2 N–H and O–H groups in total. The second kappa shape index (κ2) is 5.76. The number of phenols is 2. The van der Waals surface area contributed by atoms with Gasteiger partial charge in [0.15, 0.2) is 0 Å². The van der Waals surface area contributed by atoms with Crippen molar-refractivity contribution in [2.45, 2.75) is 40.5 Å². The zero-order valence-corrected chi connectivity index (χ0v) is 12.5. The van der Waals surface area contributed by atoms with Gasteiger partial charge in [0, 0.05) is 5.56 Å². The molecule has 0 spiro atoms. The topological polar surface area (TPSA) is 40.5 Å². The highest BCUT2D eigenvalue weighted by atomic mass is 79.9. The maximum absolute atomic E-state index is 10.1. The van der Waals surface area contributed by atoms with Crippen LogP contribution in [0.5, 0.6) is 11.5 Å². The fourth-order valence-corrected chi connectivity index (χ4v) is 2.53. The summed E-state index contributed by atoms with van der Waals surface area (Å²) in [6.07, 6.45) is 1.52. The van der Waals surface area contributed by atoms with E-state index in [2.05, 4.69) is 43.6 Å². The number of aromatic hydroxyl groups is 2. The summed E-state index contributed by atoms with van der Waals surface area (Å²) in [4.78, 5) is 0. The smallest absolute Gasteiger partial charge is 0.133 e. The molecule has 0 unspecified atom stereocenters. The first kappa shape index (κ1) is 14.4. The minimum Gasteiger partial charge on any atom is -0.508 e. The first-order valence-corrected chi connectivity index (χ1v) is 6.84. The molecule has 0 radical (unpaired) electrons. The van der Waals surface area contributed by atoms with Crippen molar-refractivity contribution in [1.29, 1.82) is 0 Å². The molecule has 0 saturated heterocycles. The molecule has 0 saturated carbocycles. The maximum Gasteiger partial charge on any atom is 0.133 e. The van der Waals surface area contributed by atoms with Gasteiger partial charge in [-0.05, 0) is 52.2 Å². The summed E-state index contributed by atoms with van der Waals surface area (Å²) in [6, 6.07) is 1.69. The van der Waals surface area contributed by atoms with Gasteiger partial charge >= 0.3 is 0 Å². The van der Waals surface area contributed by atoms with E-state index in [0.717, 1.165) is 24.0 Å². The molecule has 1 aromatic carbocycles. The Morgan fingerprint density at radius 1 is 1.06 bits per heavy atom. The average Bonchev–Trinajstić information content (AvgIpc) is 2.20. The summed E-state index contributed by atoms with van der Waals surface area (Å²) < 4.78 is 0.641. The lowest BCUT2D eigenvalue weighted by molar-refractivity contribution is 0.437. The van der Waals surface area contributed by atoms with Crippen LogP contribution in [0.2, 0.25) is 0 Å². The van der Waals surface area contributed by atoms with Crippen LogP contribution in [0.25, 0.3) is 0 Å². The number of hydrogen-bond donors (Lipinski definition) is 2. The second-order valence-corrected chi connectivity index (χ2v) is 6.18. The first-order chi connectivity index (χ1) is 7.82. The average molecular weight is 301 g/mol. The Balaban J connectivity index is 3.17. The fraction of sp³-hybridized carbons (Fsp3) is 0.571. The third-order valence-electron chi connectivity index (χ3n) is 2.64. The van der Waals surface area contributed by atoms with Gasteiger partial charge in [0.1, 0.15) is 11.5 Å². The Morgan fingerprint density at radius 3 is 2.06 bits per heavy atom. The molecule has 0 amide bonds. The molecule has 17 heavy (non-hydrogen) atoms. The number of phenolic OH excluding ortho intramolecular Hbond substituents is 2. The zero-order chi connectivity index (χ0) is 13.2. The summed E-state index contributed by atoms with van der Waals surface area (Å²) in [5, 5.41) is 20.1. The van der Waals surface area contributed by atoms with Crippen molar-refractivity contribution in [2.75, 3.05) is 0 Å². The second-order valence-electron chi connectivity index (χ2n) is 5.39. The SMILES string of the molecule is CC(C)Cc1cc(O)c(CC(C)C)c(Br)c1O. The minimum atomic E-state index is 0.271. The van der Waals surface area contributed by atoms with E-state index in [1.54, 1.807) is 6.07 Å². The minimum absolute atomic E-state index is 0.271. The van der Waals surface area contributed by atoms with E-state index in [9.17, 15) is 10.2 Å². The molecule has 0 atom stereocenters. The van der Waals surface area contributed by atoms with Gasteiger partial charge in [-0.25, -0.2) is 0 Å². The summed E-state index contributed by atoms with van der Waals surface area (Å²) in [5.74, 6) is 1.43. The molecular weight excluding hydrogens is 280 g/mol. The Bertz CT molecular complexity index is 398. The highest BCUT2D eigenvalue weighted by Crippen LogP contribution is 2.39. The van der Waals surface area contributed by atoms with Crippen LogP contribution in [0.4, 0.5) is 0 Å². The zero-order valence-electron chi connectivity index (χ0n) is 10.9. The Morgan fingerprint density at radius 2 is 1.59 bits per heavy atom. The monoisotopic (exact) mass is 300 g/mol. The van der Waals surface area contributed by atoms with E-state index in [0.29, 0.717) is 16.3 Å². The standard InChI is InChI=1S/C14H21BrO2/c1-8(2)5-10-7-12(16)11(6-9(3)4)13(15)14(10)17/h7-9,16-17H,5-6H2,1-4H3. The molecule has 0 aliphatic heterocycles. The predicted molar refractivity (Wildman–Crippen MR) is 74.6 cm³/mol. The van der Waals surface area contributed by atoms with Crippen LogP contribution >= 0.6 is 15.9 Å². The highest BCUT2D eigenvalue weighted by Gasteiger charge is 2.16. The molecule has 0 aliphatic carbocycles. The van der Waals surface area contributed by atoms with Crippen LogP contribution in [0, 0.1) is 11.8 Å². The van der Waals surface area contributed by atoms with Crippen molar-refractivity contribution in [3.63, 3.8) is 0 Å². The molecule has 0 fully saturated rings. The highest BCUT2D eigenvalue weighted by molar-refractivity contribution is 9.10. The van der Waals surface area contributed by atoms with Crippen LogP contribution in [0.1, 0.15) is 38.8 Å². The molecular formula is C14H21BrO2. The van der Waals surface area contributed by atoms with Gasteiger partial charge in [0.05, 0.1) is 4.47 Å². The van der Waals surface area contributed by atoms with Crippen LogP contribution in [0.15, 0.2) is 10.5 Å². The number of halogens is 1. The quantitative estimate of drug-likeness (QED) is 0.816. The van der Waals surface area contributed by atoms with Crippen LogP contribution < -0.4 is 0 Å². The number of benzene rings is 1. The molecule has 1 rings (SSSR count). The van der Waals surface area contributed by atoms with E-state index in [1.807, 2.05) is 0 Å². The van der Waals surface area contributed by atoms with Gasteiger partial charge < -0.3 is 10.2 Å². The summed E-state index contributed by atoms with van der Waals surface area (Å²) in [6.45, 7) is 8.36. The molecule has 0 heterocycles. The third kappa shape index (κ3) is 3.63. The Hall–Kier alpha value is -0.700. The van der Waals surface area contributed by atoms with Gasteiger partial charge in [0.25, 0.3) is 0 Å². The Kier molecular flexibility index (Phi) is 4.87. The summed E-state index contributed by atoms with van der Waals surface area (Å²) in [5.41, 5.74) is 1.60. The van der Waals surface area contributed by atoms with Gasteiger partial charge in [-0.1, -0.05) is 27.7 Å². The largest absolute Gasteiger partial charge is 0.508 e. The molecule has 96 valence electrons.